The van der Waals surface area contributed by atoms with Gasteiger partial charge in [0.25, 0.3) is 0 Å². The van der Waals surface area contributed by atoms with E-state index < -0.39 is 35.8 Å². The third-order valence-electron chi connectivity index (χ3n) is 5.71. The number of rotatable bonds is 3. The Balaban J connectivity index is 1.98. The maximum atomic E-state index is 12.3. The van der Waals surface area contributed by atoms with Crippen LogP contribution in [0.15, 0.2) is 23.8 Å². The molecule has 7 heteroatoms. The third kappa shape index (κ3) is 3.99. The molecule has 2 saturated heterocycles. The zero-order valence-corrected chi connectivity index (χ0v) is 17.0. The van der Waals surface area contributed by atoms with Crippen LogP contribution in [0.4, 0.5) is 0 Å². The summed E-state index contributed by atoms with van der Waals surface area (Å²) in [4.78, 5) is 36.1. The van der Waals surface area contributed by atoms with Crippen LogP contribution in [0.1, 0.15) is 47.5 Å². The molecule has 0 radical (unpaired) electrons. The van der Waals surface area contributed by atoms with E-state index in [2.05, 4.69) is 6.58 Å². The number of hydrogen-bond acceptors (Lipinski definition) is 7. The Hall–Kier alpha value is -2.15. The lowest BCUT2D eigenvalue weighted by atomic mass is 9.82. The minimum absolute atomic E-state index is 0.136. The molecule has 0 saturated carbocycles. The molecule has 2 heterocycles. The third-order valence-corrected chi connectivity index (χ3v) is 5.71. The molecule has 0 bridgehead atoms. The van der Waals surface area contributed by atoms with Gasteiger partial charge in [0.1, 0.15) is 18.3 Å². The van der Waals surface area contributed by atoms with E-state index in [1.54, 1.807) is 19.9 Å². The minimum atomic E-state index is -0.637. The fourth-order valence-electron chi connectivity index (χ4n) is 3.96. The molecule has 0 aromatic carbocycles. The average Bonchev–Trinajstić information content (AvgIpc) is 3.11. The van der Waals surface area contributed by atoms with Crippen LogP contribution in [-0.4, -0.2) is 47.9 Å². The number of fused-ring (bicyclic) bond motifs is 2. The Morgan fingerprint density at radius 1 is 1.32 bits per heavy atom. The molecule has 1 aliphatic carbocycles. The molecule has 2 aliphatic heterocycles. The Labute approximate surface area is 165 Å². The van der Waals surface area contributed by atoms with Gasteiger partial charge in [0.05, 0.1) is 23.5 Å². The van der Waals surface area contributed by atoms with Crippen LogP contribution in [-0.2, 0) is 33.3 Å². The van der Waals surface area contributed by atoms with Crippen LogP contribution in [0.25, 0.3) is 0 Å². The average molecular weight is 392 g/mol. The molecule has 0 aromatic rings. The highest BCUT2D eigenvalue weighted by Crippen LogP contribution is 2.48. The first-order chi connectivity index (χ1) is 13.0. The molecule has 7 nitrogen and oxygen atoms in total. The number of carbonyl (C=O) groups excluding carboxylic acids is 3. The minimum Gasteiger partial charge on any atom is -0.461 e. The van der Waals surface area contributed by atoms with Crippen LogP contribution in [0, 0.1) is 11.8 Å². The second-order valence-electron chi connectivity index (χ2n) is 8.42. The highest BCUT2D eigenvalue weighted by molar-refractivity contribution is 5.91. The lowest BCUT2D eigenvalue weighted by molar-refractivity contribution is -0.157. The number of esters is 3. The van der Waals surface area contributed by atoms with E-state index in [1.165, 1.54) is 6.92 Å². The molecule has 0 unspecified atom stereocenters. The molecule has 154 valence electrons. The first-order valence-electron chi connectivity index (χ1n) is 9.65. The molecular weight excluding hydrogens is 364 g/mol. The monoisotopic (exact) mass is 392 g/mol. The number of ether oxygens (including phenoxy) is 4. The van der Waals surface area contributed by atoms with Crippen LogP contribution < -0.4 is 0 Å². The quantitative estimate of drug-likeness (QED) is 0.240. The zero-order chi connectivity index (χ0) is 20.8. The van der Waals surface area contributed by atoms with Crippen molar-refractivity contribution in [2.24, 2.45) is 11.8 Å². The van der Waals surface area contributed by atoms with Crippen molar-refractivity contribution in [1.82, 2.24) is 0 Å². The van der Waals surface area contributed by atoms with Gasteiger partial charge < -0.3 is 18.9 Å². The summed E-state index contributed by atoms with van der Waals surface area (Å²) in [5.74, 6) is -2.04. The van der Waals surface area contributed by atoms with Gasteiger partial charge in [-0.25, -0.2) is 4.79 Å². The topological polar surface area (TPSA) is 91.4 Å². The first-order valence-corrected chi connectivity index (χ1v) is 9.65. The lowest BCUT2D eigenvalue weighted by Gasteiger charge is -2.30. The lowest BCUT2D eigenvalue weighted by Crippen LogP contribution is -2.38. The summed E-state index contributed by atoms with van der Waals surface area (Å²) < 4.78 is 22.7. The first kappa shape index (κ1) is 20.6. The van der Waals surface area contributed by atoms with Gasteiger partial charge in [0.2, 0.25) is 0 Å². The number of epoxide rings is 1. The fraction of sp³-hybridized carbons (Fsp3) is 0.667. The molecule has 0 amide bonds. The second-order valence-corrected chi connectivity index (χ2v) is 8.42. The smallest absolute Gasteiger partial charge is 0.334 e. The zero-order valence-electron chi connectivity index (χ0n) is 17.0. The second kappa shape index (κ2) is 7.35. The molecular formula is C21H28O7. The molecule has 3 aliphatic rings. The van der Waals surface area contributed by atoms with Gasteiger partial charge in [-0.2, -0.15) is 0 Å². The van der Waals surface area contributed by atoms with Crippen molar-refractivity contribution >= 4 is 17.9 Å². The molecule has 3 rings (SSSR count). The van der Waals surface area contributed by atoms with Gasteiger partial charge >= 0.3 is 17.9 Å². The standard InChI is InChI=1S/C21H28O7/c1-10(2)19(23)27-16-9-21(6)17(28-21)8-14(25-13(5)22)11(3)7-15-18(16)12(4)20(24)26-15/h7,10,14-18H,4,8-9H2,1-3,5-6H3/b11-7-/t14-,15-,16-,17+,18-,21-/m0/s1. The Bertz CT molecular complexity index is 737. The normalized spacial score (nSPS) is 39.2. The summed E-state index contributed by atoms with van der Waals surface area (Å²) >= 11 is 0. The van der Waals surface area contributed by atoms with Gasteiger partial charge in [-0.1, -0.05) is 20.4 Å². The van der Waals surface area contributed by atoms with Gasteiger partial charge in [-0.15, -0.1) is 0 Å². The van der Waals surface area contributed by atoms with Crippen molar-refractivity contribution < 1.29 is 33.3 Å². The van der Waals surface area contributed by atoms with Crippen molar-refractivity contribution in [3.63, 3.8) is 0 Å². The predicted molar refractivity (Wildman–Crippen MR) is 99.1 cm³/mol. The maximum absolute atomic E-state index is 12.3. The fourth-order valence-corrected chi connectivity index (χ4v) is 3.96. The Kier molecular flexibility index (Phi) is 5.40. The van der Waals surface area contributed by atoms with Crippen LogP contribution in [0.3, 0.4) is 0 Å². The van der Waals surface area contributed by atoms with Crippen molar-refractivity contribution in [1.29, 1.82) is 0 Å². The largest absolute Gasteiger partial charge is 0.461 e. The SMILES string of the molecule is C=C1C(=O)O[C@H]2/C=C(/C)[C@@H](OC(C)=O)C[C@H]3O[C@@]3(C)C[C@H](OC(=O)C(C)C)[C@@H]12. The molecule has 0 spiro atoms. The summed E-state index contributed by atoms with van der Waals surface area (Å²) in [6.45, 7) is 12.5. The molecule has 28 heavy (non-hydrogen) atoms. The highest BCUT2D eigenvalue weighted by Gasteiger charge is 2.58. The van der Waals surface area contributed by atoms with Gasteiger partial charge in [0, 0.05) is 25.3 Å². The van der Waals surface area contributed by atoms with Crippen molar-refractivity contribution in [3.8, 4) is 0 Å². The van der Waals surface area contributed by atoms with E-state index in [-0.39, 0.29) is 29.5 Å². The Morgan fingerprint density at radius 2 is 2.00 bits per heavy atom. The summed E-state index contributed by atoms with van der Waals surface area (Å²) in [6.07, 6.45) is 0.846. The Morgan fingerprint density at radius 3 is 2.61 bits per heavy atom. The van der Waals surface area contributed by atoms with Crippen molar-refractivity contribution in [2.45, 2.75) is 77.5 Å². The van der Waals surface area contributed by atoms with E-state index in [1.807, 2.05) is 13.8 Å². The van der Waals surface area contributed by atoms with Crippen LogP contribution in [0.5, 0.6) is 0 Å². The molecule has 0 aromatic heterocycles. The number of hydrogen-bond donors (Lipinski definition) is 0. The summed E-state index contributed by atoms with van der Waals surface area (Å²) in [7, 11) is 0. The molecule has 6 atom stereocenters. The van der Waals surface area contributed by atoms with E-state index >= 15 is 0 Å². The number of carbonyl (C=O) groups is 3. The van der Waals surface area contributed by atoms with E-state index in [4.69, 9.17) is 18.9 Å². The van der Waals surface area contributed by atoms with E-state index in [9.17, 15) is 14.4 Å². The van der Waals surface area contributed by atoms with E-state index in [0.717, 1.165) is 5.57 Å². The van der Waals surface area contributed by atoms with Crippen LogP contribution in [0.2, 0.25) is 0 Å². The molecule has 0 N–H and O–H groups in total. The van der Waals surface area contributed by atoms with Gasteiger partial charge in [-0.3, -0.25) is 9.59 Å². The van der Waals surface area contributed by atoms with Crippen molar-refractivity contribution in [2.75, 3.05) is 0 Å². The van der Waals surface area contributed by atoms with Gasteiger partial charge in [-0.05, 0) is 25.5 Å². The summed E-state index contributed by atoms with van der Waals surface area (Å²) in [5, 5.41) is 0. The summed E-state index contributed by atoms with van der Waals surface area (Å²) in [6, 6.07) is 0. The molecule has 2 fully saturated rings. The maximum Gasteiger partial charge on any atom is 0.334 e. The highest BCUT2D eigenvalue weighted by atomic mass is 16.6. The predicted octanol–water partition coefficient (Wildman–Crippen LogP) is 2.48. The summed E-state index contributed by atoms with van der Waals surface area (Å²) in [5.41, 5.74) is 0.511. The van der Waals surface area contributed by atoms with Crippen molar-refractivity contribution in [3.05, 3.63) is 23.8 Å². The van der Waals surface area contributed by atoms with E-state index in [0.29, 0.717) is 12.8 Å². The van der Waals surface area contributed by atoms with Crippen LogP contribution >= 0.6 is 0 Å². The van der Waals surface area contributed by atoms with Gasteiger partial charge in [0.15, 0.2) is 0 Å².